The van der Waals surface area contributed by atoms with Crippen molar-refractivity contribution in [3.05, 3.63) is 45.6 Å². The molecule has 0 radical (unpaired) electrons. The molecule has 0 saturated carbocycles. The van der Waals surface area contributed by atoms with Crippen molar-refractivity contribution in [1.82, 2.24) is 0 Å². The maximum Gasteiger partial charge on any atom is 0.350 e. The summed E-state index contributed by atoms with van der Waals surface area (Å²) in [6.07, 6.45) is 0. The molecule has 6 heteroatoms. The molecule has 2 N–H and O–H groups in total. The third kappa shape index (κ3) is 3.80. The summed E-state index contributed by atoms with van der Waals surface area (Å²) in [7, 11) is 1.36. The monoisotopic (exact) mass is 320 g/mol. The fraction of sp³-hybridized carbons (Fsp3) is 0.200. The highest BCUT2D eigenvalue weighted by atomic mass is 32.1. The van der Waals surface area contributed by atoms with E-state index in [4.69, 9.17) is 17.0 Å². The molecule has 21 heavy (non-hydrogen) atoms. The Hall–Kier alpha value is -1.92. The first-order valence-corrected chi connectivity index (χ1v) is 7.61. The topological polar surface area (TPSA) is 50.4 Å². The standard InChI is InChI=1S/C15H16N2O2S2/c1-9-4-5-10(2)12(8-9)17-15(20)16-11-6-7-21-13(11)14(18)19-3/h4-8H,1-3H3,(H2,16,17,20). The predicted molar refractivity (Wildman–Crippen MR) is 91.4 cm³/mol. The lowest BCUT2D eigenvalue weighted by Gasteiger charge is -2.13. The third-order valence-electron chi connectivity index (χ3n) is 2.93. The van der Waals surface area contributed by atoms with Crippen molar-refractivity contribution < 1.29 is 9.53 Å². The van der Waals surface area contributed by atoms with Crippen LogP contribution in [0.5, 0.6) is 0 Å². The zero-order valence-electron chi connectivity index (χ0n) is 12.0. The summed E-state index contributed by atoms with van der Waals surface area (Å²) in [5.41, 5.74) is 3.84. The van der Waals surface area contributed by atoms with Crippen molar-refractivity contribution in [2.24, 2.45) is 0 Å². The summed E-state index contributed by atoms with van der Waals surface area (Å²) < 4.78 is 4.74. The van der Waals surface area contributed by atoms with Crippen molar-refractivity contribution in [2.45, 2.75) is 13.8 Å². The minimum absolute atomic E-state index is 0.373. The van der Waals surface area contributed by atoms with E-state index in [9.17, 15) is 4.79 Å². The smallest absolute Gasteiger partial charge is 0.350 e. The van der Waals surface area contributed by atoms with Gasteiger partial charge in [0.15, 0.2) is 5.11 Å². The van der Waals surface area contributed by atoms with Crippen LogP contribution in [0, 0.1) is 13.8 Å². The maximum atomic E-state index is 11.6. The molecule has 0 bridgehead atoms. The lowest BCUT2D eigenvalue weighted by atomic mass is 10.1. The van der Waals surface area contributed by atoms with Crippen LogP contribution >= 0.6 is 23.6 Å². The van der Waals surface area contributed by atoms with Crippen LogP contribution in [0.25, 0.3) is 0 Å². The van der Waals surface area contributed by atoms with Crippen molar-refractivity contribution in [2.75, 3.05) is 17.7 Å². The first kappa shape index (κ1) is 15.5. The van der Waals surface area contributed by atoms with Crippen LogP contribution in [0.1, 0.15) is 20.8 Å². The molecule has 0 atom stereocenters. The number of anilines is 2. The molecular weight excluding hydrogens is 304 g/mol. The van der Waals surface area contributed by atoms with E-state index in [-0.39, 0.29) is 5.97 Å². The lowest BCUT2D eigenvalue weighted by Crippen LogP contribution is -2.20. The third-order valence-corrected chi connectivity index (χ3v) is 4.02. The molecular formula is C15H16N2O2S2. The second-order valence-corrected chi connectivity index (χ2v) is 5.88. The van der Waals surface area contributed by atoms with Gasteiger partial charge in [0.05, 0.1) is 12.8 Å². The van der Waals surface area contributed by atoms with Gasteiger partial charge >= 0.3 is 5.97 Å². The zero-order chi connectivity index (χ0) is 15.4. The zero-order valence-corrected chi connectivity index (χ0v) is 13.7. The van der Waals surface area contributed by atoms with Crippen LogP contribution in [0.4, 0.5) is 11.4 Å². The fourth-order valence-corrected chi connectivity index (χ4v) is 2.79. The van der Waals surface area contributed by atoms with Gasteiger partial charge in [-0.05, 0) is 54.7 Å². The molecule has 4 nitrogen and oxygen atoms in total. The molecule has 1 aromatic carbocycles. The van der Waals surface area contributed by atoms with E-state index in [1.807, 2.05) is 37.4 Å². The van der Waals surface area contributed by atoms with Gasteiger partial charge in [0, 0.05) is 5.69 Å². The van der Waals surface area contributed by atoms with E-state index in [2.05, 4.69) is 10.6 Å². The van der Waals surface area contributed by atoms with Crippen LogP contribution in [-0.4, -0.2) is 18.2 Å². The Bertz CT molecular complexity index is 680. The van der Waals surface area contributed by atoms with Gasteiger partial charge < -0.3 is 15.4 Å². The number of thiophene rings is 1. The average Bonchev–Trinajstić information content (AvgIpc) is 2.90. The number of methoxy groups -OCH3 is 1. The van der Waals surface area contributed by atoms with E-state index in [0.29, 0.717) is 15.7 Å². The molecule has 0 aliphatic carbocycles. The van der Waals surface area contributed by atoms with Gasteiger partial charge in [-0.25, -0.2) is 4.79 Å². The van der Waals surface area contributed by atoms with Gasteiger partial charge in [0.2, 0.25) is 0 Å². The normalized spacial score (nSPS) is 10.0. The Morgan fingerprint density at radius 1 is 1.19 bits per heavy atom. The van der Waals surface area contributed by atoms with Gasteiger partial charge in [-0.3, -0.25) is 0 Å². The maximum absolute atomic E-state index is 11.6. The molecule has 0 unspecified atom stereocenters. The molecule has 0 aliphatic heterocycles. The number of ether oxygens (including phenoxy) is 1. The molecule has 0 spiro atoms. The minimum atomic E-state index is -0.373. The van der Waals surface area contributed by atoms with Crippen molar-refractivity contribution in [3.63, 3.8) is 0 Å². The summed E-state index contributed by atoms with van der Waals surface area (Å²) in [6.45, 7) is 4.03. The van der Waals surface area contributed by atoms with Crippen LogP contribution < -0.4 is 10.6 Å². The van der Waals surface area contributed by atoms with E-state index in [1.165, 1.54) is 18.4 Å². The largest absolute Gasteiger partial charge is 0.465 e. The van der Waals surface area contributed by atoms with Gasteiger partial charge in [-0.1, -0.05) is 12.1 Å². The first-order chi connectivity index (χ1) is 10.0. The van der Waals surface area contributed by atoms with Crippen LogP contribution in [-0.2, 0) is 4.74 Å². The van der Waals surface area contributed by atoms with Crippen molar-refractivity contribution >= 4 is 46.0 Å². The van der Waals surface area contributed by atoms with E-state index < -0.39 is 0 Å². The summed E-state index contributed by atoms with van der Waals surface area (Å²) in [4.78, 5) is 12.1. The Kier molecular flexibility index (Phi) is 4.93. The molecule has 1 aromatic heterocycles. The molecule has 1 heterocycles. The quantitative estimate of drug-likeness (QED) is 0.662. The van der Waals surface area contributed by atoms with E-state index in [0.717, 1.165) is 16.8 Å². The van der Waals surface area contributed by atoms with Gasteiger partial charge in [0.1, 0.15) is 4.88 Å². The molecule has 0 fully saturated rings. The fourth-order valence-electron chi connectivity index (χ4n) is 1.80. The molecule has 2 aromatic rings. The Morgan fingerprint density at radius 2 is 1.90 bits per heavy atom. The van der Waals surface area contributed by atoms with Crippen molar-refractivity contribution in [3.8, 4) is 0 Å². The number of nitrogens with one attached hydrogen (secondary N) is 2. The number of rotatable bonds is 3. The lowest BCUT2D eigenvalue weighted by molar-refractivity contribution is 0.0607. The number of benzene rings is 1. The highest BCUT2D eigenvalue weighted by Crippen LogP contribution is 2.24. The molecule has 2 rings (SSSR count). The first-order valence-electron chi connectivity index (χ1n) is 6.32. The minimum Gasteiger partial charge on any atom is -0.465 e. The van der Waals surface area contributed by atoms with Crippen LogP contribution in [0.2, 0.25) is 0 Å². The van der Waals surface area contributed by atoms with Gasteiger partial charge in [-0.15, -0.1) is 11.3 Å². The second kappa shape index (κ2) is 6.69. The molecule has 110 valence electrons. The highest BCUT2D eigenvalue weighted by Gasteiger charge is 2.14. The summed E-state index contributed by atoms with van der Waals surface area (Å²) in [5.74, 6) is -0.373. The van der Waals surface area contributed by atoms with Gasteiger partial charge in [0.25, 0.3) is 0 Å². The second-order valence-electron chi connectivity index (χ2n) is 4.55. The number of hydrogen-bond acceptors (Lipinski definition) is 4. The predicted octanol–water partition coefficient (Wildman–Crippen LogP) is 3.96. The van der Waals surface area contributed by atoms with Crippen molar-refractivity contribution in [1.29, 1.82) is 0 Å². The Balaban J connectivity index is 2.10. The van der Waals surface area contributed by atoms with Crippen LogP contribution in [0.3, 0.4) is 0 Å². The number of thiocarbonyl (C=S) groups is 1. The summed E-state index contributed by atoms with van der Waals surface area (Å²) in [5, 5.41) is 8.43. The summed E-state index contributed by atoms with van der Waals surface area (Å²) in [6, 6.07) is 7.90. The van der Waals surface area contributed by atoms with Crippen LogP contribution in [0.15, 0.2) is 29.6 Å². The molecule has 0 aliphatic rings. The van der Waals surface area contributed by atoms with E-state index in [1.54, 1.807) is 6.07 Å². The molecule has 0 amide bonds. The Morgan fingerprint density at radius 3 is 2.62 bits per heavy atom. The number of esters is 1. The summed E-state index contributed by atoms with van der Waals surface area (Å²) >= 11 is 6.61. The average molecular weight is 320 g/mol. The van der Waals surface area contributed by atoms with Gasteiger partial charge in [-0.2, -0.15) is 0 Å². The van der Waals surface area contributed by atoms with E-state index >= 15 is 0 Å². The Labute approximate surface area is 133 Å². The molecule has 0 saturated heterocycles. The number of aryl methyl sites for hydroxylation is 2. The SMILES string of the molecule is COC(=O)c1sccc1NC(=S)Nc1cc(C)ccc1C. The number of carbonyl (C=O) groups excluding carboxylic acids is 1. The number of carbonyl (C=O) groups is 1. The highest BCUT2D eigenvalue weighted by molar-refractivity contribution is 7.80. The number of hydrogen-bond donors (Lipinski definition) is 2.